The number of carbonyl (C=O) groups is 1. The van der Waals surface area contributed by atoms with Crippen molar-refractivity contribution >= 4 is 5.91 Å². The Hall–Kier alpha value is -1.39. The second-order valence-corrected chi connectivity index (χ2v) is 5.09. The first-order chi connectivity index (χ1) is 9.18. The number of nitrogens with zero attached hydrogens (tertiary/aromatic N) is 1. The third-order valence-electron chi connectivity index (χ3n) is 3.55. The van der Waals surface area contributed by atoms with Gasteiger partial charge in [-0.1, -0.05) is 30.3 Å². The standard InChI is InChI=1S/C15H22N2O2/c1-12-11-19-10-9-17(12)15(18)14(16)8-7-13-5-3-2-4-6-13/h2-6,12,14H,7-11,16H2,1H3. The van der Waals surface area contributed by atoms with E-state index in [1.807, 2.05) is 30.0 Å². The van der Waals surface area contributed by atoms with Crippen LogP contribution < -0.4 is 5.73 Å². The highest BCUT2D eigenvalue weighted by Gasteiger charge is 2.27. The quantitative estimate of drug-likeness (QED) is 0.887. The van der Waals surface area contributed by atoms with E-state index >= 15 is 0 Å². The summed E-state index contributed by atoms with van der Waals surface area (Å²) in [7, 11) is 0. The van der Waals surface area contributed by atoms with Crippen LogP contribution in [0.1, 0.15) is 18.9 Å². The van der Waals surface area contributed by atoms with Crippen molar-refractivity contribution in [1.82, 2.24) is 4.90 Å². The summed E-state index contributed by atoms with van der Waals surface area (Å²) in [4.78, 5) is 14.1. The Kier molecular flexibility index (Phi) is 4.93. The van der Waals surface area contributed by atoms with Crippen molar-refractivity contribution in [2.24, 2.45) is 5.73 Å². The van der Waals surface area contributed by atoms with Gasteiger partial charge in [-0.05, 0) is 25.3 Å². The van der Waals surface area contributed by atoms with Crippen molar-refractivity contribution in [3.8, 4) is 0 Å². The molecule has 104 valence electrons. The smallest absolute Gasteiger partial charge is 0.239 e. The Balaban J connectivity index is 1.85. The maximum atomic E-state index is 12.3. The van der Waals surface area contributed by atoms with E-state index in [0.717, 1.165) is 6.42 Å². The monoisotopic (exact) mass is 262 g/mol. The number of morpholine rings is 1. The van der Waals surface area contributed by atoms with Gasteiger partial charge in [0.25, 0.3) is 0 Å². The second-order valence-electron chi connectivity index (χ2n) is 5.09. The topological polar surface area (TPSA) is 55.6 Å². The van der Waals surface area contributed by atoms with Gasteiger partial charge < -0.3 is 15.4 Å². The summed E-state index contributed by atoms with van der Waals surface area (Å²) in [5.74, 6) is 0.0479. The molecule has 2 rings (SSSR count). The van der Waals surface area contributed by atoms with Crippen LogP contribution in [0.4, 0.5) is 0 Å². The zero-order valence-electron chi connectivity index (χ0n) is 11.4. The molecule has 1 aromatic rings. The van der Waals surface area contributed by atoms with Gasteiger partial charge in [0.2, 0.25) is 5.91 Å². The van der Waals surface area contributed by atoms with Gasteiger partial charge in [-0.2, -0.15) is 0 Å². The zero-order valence-corrected chi connectivity index (χ0v) is 11.4. The molecule has 1 aromatic carbocycles. The number of carbonyl (C=O) groups excluding carboxylic acids is 1. The summed E-state index contributed by atoms with van der Waals surface area (Å²) in [6, 6.07) is 9.84. The van der Waals surface area contributed by atoms with Gasteiger partial charge in [-0.25, -0.2) is 0 Å². The van der Waals surface area contributed by atoms with Gasteiger partial charge in [0.15, 0.2) is 0 Å². The van der Waals surface area contributed by atoms with Crippen molar-refractivity contribution < 1.29 is 9.53 Å². The van der Waals surface area contributed by atoms with E-state index in [2.05, 4.69) is 12.1 Å². The van der Waals surface area contributed by atoms with Gasteiger partial charge in [-0.15, -0.1) is 0 Å². The van der Waals surface area contributed by atoms with E-state index in [1.165, 1.54) is 5.56 Å². The van der Waals surface area contributed by atoms with Crippen molar-refractivity contribution in [2.45, 2.75) is 31.8 Å². The lowest BCUT2D eigenvalue weighted by molar-refractivity contribution is -0.140. The van der Waals surface area contributed by atoms with E-state index < -0.39 is 6.04 Å². The van der Waals surface area contributed by atoms with Crippen LogP contribution >= 0.6 is 0 Å². The lowest BCUT2D eigenvalue weighted by Gasteiger charge is -2.35. The number of amides is 1. The zero-order chi connectivity index (χ0) is 13.7. The molecule has 1 aliphatic rings. The van der Waals surface area contributed by atoms with Crippen LogP contribution in [-0.2, 0) is 16.0 Å². The SMILES string of the molecule is CC1COCCN1C(=O)C(N)CCc1ccccc1. The molecule has 19 heavy (non-hydrogen) atoms. The third-order valence-corrected chi connectivity index (χ3v) is 3.55. The minimum Gasteiger partial charge on any atom is -0.377 e. The number of benzene rings is 1. The summed E-state index contributed by atoms with van der Waals surface area (Å²) in [5, 5.41) is 0. The average Bonchev–Trinajstić information content (AvgIpc) is 2.45. The van der Waals surface area contributed by atoms with Crippen molar-refractivity contribution in [2.75, 3.05) is 19.8 Å². The van der Waals surface area contributed by atoms with Crippen molar-refractivity contribution in [3.05, 3.63) is 35.9 Å². The molecule has 4 heteroatoms. The molecule has 2 atom stereocenters. The number of hydrogen-bond donors (Lipinski definition) is 1. The van der Waals surface area contributed by atoms with Crippen LogP contribution in [0.2, 0.25) is 0 Å². The number of aryl methyl sites for hydroxylation is 1. The molecule has 0 bridgehead atoms. The molecule has 1 amide bonds. The van der Waals surface area contributed by atoms with Crippen molar-refractivity contribution in [1.29, 1.82) is 0 Å². The first kappa shape index (κ1) is 14.0. The molecule has 1 aliphatic heterocycles. The van der Waals surface area contributed by atoms with E-state index in [4.69, 9.17) is 10.5 Å². The molecule has 2 unspecified atom stereocenters. The van der Waals surface area contributed by atoms with Gasteiger partial charge >= 0.3 is 0 Å². The summed E-state index contributed by atoms with van der Waals surface area (Å²) in [6.07, 6.45) is 1.53. The predicted octanol–water partition coefficient (Wildman–Crippen LogP) is 1.19. The summed E-state index contributed by atoms with van der Waals surface area (Å²) in [6.45, 7) is 3.87. The fraction of sp³-hybridized carbons (Fsp3) is 0.533. The minimum atomic E-state index is -0.416. The molecular weight excluding hydrogens is 240 g/mol. The first-order valence-corrected chi connectivity index (χ1v) is 6.86. The first-order valence-electron chi connectivity index (χ1n) is 6.86. The number of hydrogen-bond acceptors (Lipinski definition) is 3. The largest absolute Gasteiger partial charge is 0.377 e. The lowest BCUT2D eigenvalue weighted by Crippen LogP contribution is -2.53. The van der Waals surface area contributed by atoms with E-state index in [0.29, 0.717) is 26.2 Å². The molecule has 0 saturated carbocycles. The Morgan fingerprint density at radius 1 is 1.47 bits per heavy atom. The molecule has 2 N–H and O–H groups in total. The second kappa shape index (κ2) is 6.68. The van der Waals surface area contributed by atoms with Gasteiger partial charge in [0, 0.05) is 6.54 Å². The Labute approximate surface area is 114 Å². The van der Waals surface area contributed by atoms with Crippen LogP contribution in [0, 0.1) is 0 Å². The Morgan fingerprint density at radius 2 is 2.21 bits per heavy atom. The number of rotatable bonds is 4. The average molecular weight is 262 g/mol. The van der Waals surface area contributed by atoms with Crippen LogP contribution in [-0.4, -0.2) is 42.6 Å². The molecule has 1 heterocycles. The summed E-state index contributed by atoms with van der Waals surface area (Å²) >= 11 is 0. The number of nitrogens with two attached hydrogens (primary N) is 1. The van der Waals surface area contributed by atoms with E-state index in [-0.39, 0.29) is 11.9 Å². The molecule has 1 saturated heterocycles. The maximum Gasteiger partial charge on any atom is 0.239 e. The van der Waals surface area contributed by atoms with Crippen LogP contribution in [0.3, 0.4) is 0 Å². The fourth-order valence-corrected chi connectivity index (χ4v) is 2.36. The highest BCUT2D eigenvalue weighted by molar-refractivity contribution is 5.82. The molecule has 1 fully saturated rings. The normalized spacial score (nSPS) is 21.2. The molecular formula is C15H22N2O2. The van der Waals surface area contributed by atoms with E-state index in [1.54, 1.807) is 0 Å². The van der Waals surface area contributed by atoms with Crippen LogP contribution in [0.15, 0.2) is 30.3 Å². The van der Waals surface area contributed by atoms with Gasteiger partial charge in [0.05, 0.1) is 25.3 Å². The number of ether oxygens (including phenoxy) is 1. The van der Waals surface area contributed by atoms with Gasteiger partial charge in [-0.3, -0.25) is 4.79 Å². The highest BCUT2D eigenvalue weighted by atomic mass is 16.5. The molecule has 0 aromatic heterocycles. The minimum absolute atomic E-state index is 0.0479. The summed E-state index contributed by atoms with van der Waals surface area (Å²) < 4.78 is 5.34. The Morgan fingerprint density at radius 3 is 2.89 bits per heavy atom. The lowest BCUT2D eigenvalue weighted by atomic mass is 10.0. The van der Waals surface area contributed by atoms with Gasteiger partial charge in [0.1, 0.15) is 0 Å². The summed E-state index contributed by atoms with van der Waals surface area (Å²) in [5.41, 5.74) is 7.25. The van der Waals surface area contributed by atoms with Crippen LogP contribution in [0.25, 0.3) is 0 Å². The van der Waals surface area contributed by atoms with Crippen molar-refractivity contribution in [3.63, 3.8) is 0 Å². The maximum absolute atomic E-state index is 12.3. The van der Waals surface area contributed by atoms with E-state index in [9.17, 15) is 4.79 Å². The molecule has 0 aliphatic carbocycles. The molecule has 4 nitrogen and oxygen atoms in total. The highest BCUT2D eigenvalue weighted by Crippen LogP contribution is 2.11. The predicted molar refractivity (Wildman–Crippen MR) is 74.7 cm³/mol. The molecule has 0 spiro atoms. The fourth-order valence-electron chi connectivity index (χ4n) is 2.36. The van der Waals surface area contributed by atoms with Crippen LogP contribution in [0.5, 0.6) is 0 Å². The third kappa shape index (κ3) is 3.78. The molecule has 0 radical (unpaired) electrons. The Bertz CT molecular complexity index is 408.